The highest BCUT2D eigenvalue weighted by Gasteiger charge is 2.45. The minimum Gasteiger partial charge on any atom is -0.396 e. The van der Waals surface area contributed by atoms with E-state index in [0.29, 0.717) is 5.92 Å². The molecule has 2 nitrogen and oxygen atoms in total. The van der Waals surface area contributed by atoms with Gasteiger partial charge in [0.05, 0.1) is 6.10 Å². The summed E-state index contributed by atoms with van der Waals surface area (Å²) in [5.41, 5.74) is 0.183. The summed E-state index contributed by atoms with van der Waals surface area (Å²) in [5, 5.41) is 18.6. The standard InChI is InChI=1S/C10H20O2/c1-7-6-9(12)8(4-5-11)10(7,2)3/h7-9,11-12H,4-6H2,1-3H3. The third-order valence-electron chi connectivity index (χ3n) is 3.73. The molecule has 0 aliphatic heterocycles. The molecule has 2 heteroatoms. The van der Waals surface area contributed by atoms with Crippen molar-refractivity contribution in [3.05, 3.63) is 0 Å². The van der Waals surface area contributed by atoms with E-state index in [1.54, 1.807) is 0 Å². The average molecular weight is 172 g/mol. The maximum Gasteiger partial charge on any atom is 0.0577 e. The Bertz CT molecular complexity index is 154. The van der Waals surface area contributed by atoms with Crippen LogP contribution in [0.1, 0.15) is 33.6 Å². The summed E-state index contributed by atoms with van der Waals surface area (Å²) in [6, 6.07) is 0. The van der Waals surface area contributed by atoms with Gasteiger partial charge in [-0.15, -0.1) is 0 Å². The van der Waals surface area contributed by atoms with E-state index in [4.69, 9.17) is 5.11 Å². The molecule has 0 heterocycles. The molecule has 0 bridgehead atoms. The summed E-state index contributed by atoms with van der Waals surface area (Å²) >= 11 is 0. The third kappa shape index (κ3) is 1.50. The van der Waals surface area contributed by atoms with Crippen LogP contribution in [-0.4, -0.2) is 22.9 Å². The maximum absolute atomic E-state index is 9.71. The lowest BCUT2D eigenvalue weighted by Gasteiger charge is -2.31. The first-order valence-corrected chi connectivity index (χ1v) is 4.79. The molecule has 1 fully saturated rings. The van der Waals surface area contributed by atoms with Crippen LogP contribution in [0.2, 0.25) is 0 Å². The number of aliphatic hydroxyl groups is 2. The predicted octanol–water partition coefficient (Wildman–Crippen LogP) is 1.41. The van der Waals surface area contributed by atoms with Crippen molar-refractivity contribution in [3.8, 4) is 0 Å². The molecule has 12 heavy (non-hydrogen) atoms. The molecule has 0 radical (unpaired) electrons. The van der Waals surface area contributed by atoms with Crippen molar-refractivity contribution in [2.45, 2.75) is 39.7 Å². The molecule has 1 aliphatic carbocycles. The highest BCUT2D eigenvalue weighted by Crippen LogP contribution is 2.48. The molecule has 0 aromatic rings. The normalized spacial score (nSPS) is 40.2. The molecule has 0 aromatic carbocycles. The van der Waals surface area contributed by atoms with Gasteiger partial charge < -0.3 is 10.2 Å². The van der Waals surface area contributed by atoms with Crippen LogP contribution in [0, 0.1) is 17.3 Å². The molecule has 3 atom stereocenters. The van der Waals surface area contributed by atoms with E-state index in [2.05, 4.69) is 20.8 Å². The van der Waals surface area contributed by atoms with E-state index in [1.807, 2.05) is 0 Å². The fourth-order valence-electron chi connectivity index (χ4n) is 2.40. The van der Waals surface area contributed by atoms with Gasteiger partial charge in [-0.2, -0.15) is 0 Å². The summed E-state index contributed by atoms with van der Waals surface area (Å²) in [6.07, 6.45) is 1.41. The molecule has 1 rings (SSSR count). The Hall–Kier alpha value is -0.0800. The Morgan fingerprint density at radius 2 is 2.00 bits per heavy atom. The summed E-state index contributed by atoms with van der Waals surface area (Å²) < 4.78 is 0. The Morgan fingerprint density at radius 3 is 2.33 bits per heavy atom. The maximum atomic E-state index is 9.71. The highest BCUT2D eigenvalue weighted by molar-refractivity contribution is 4.94. The van der Waals surface area contributed by atoms with E-state index < -0.39 is 0 Å². The van der Waals surface area contributed by atoms with Gasteiger partial charge >= 0.3 is 0 Å². The van der Waals surface area contributed by atoms with E-state index >= 15 is 0 Å². The van der Waals surface area contributed by atoms with Crippen molar-refractivity contribution in [1.29, 1.82) is 0 Å². The molecule has 0 spiro atoms. The van der Waals surface area contributed by atoms with Gasteiger partial charge in [-0.05, 0) is 30.1 Å². The van der Waals surface area contributed by atoms with Crippen molar-refractivity contribution >= 4 is 0 Å². The number of rotatable bonds is 2. The Labute approximate surface area is 74.6 Å². The van der Waals surface area contributed by atoms with Gasteiger partial charge in [0, 0.05) is 6.61 Å². The molecular weight excluding hydrogens is 152 g/mol. The van der Waals surface area contributed by atoms with E-state index in [9.17, 15) is 5.11 Å². The Balaban J connectivity index is 2.69. The lowest BCUT2D eigenvalue weighted by Crippen LogP contribution is -2.28. The lowest BCUT2D eigenvalue weighted by atomic mass is 9.75. The monoisotopic (exact) mass is 172 g/mol. The van der Waals surface area contributed by atoms with Crippen LogP contribution in [0.5, 0.6) is 0 Å². The van der Waals surface area contributed by atoms with Crippen LogP contribution in [0.25, 0.3) is 0 Å². The molecule has 0 saturated heterocycles. The Kier molecular flexibility index (Phi) is 2.79. The van der Waals surface area contributed by atoms with Gasteiger partial charge in [0.1, 0.15) is 0 Å². The van der Waals surface area contributed by atoms with Gasteiger partial charge in [0.25, 0.3) is 0 Å². The predicted molar refractivity (Wildman–Crippen MR) is 48.8 cm³/mol. The summed E-state index contributed by atoms with van der Waals surface area (Å²) in [7, 11) is 0. The summed E-state index contributed by atoms with van der Waals surface area (Å²) in [4.78, 5) is 0. The quantitative estimate of drug-likeness (QED) is 0.661. The summed E-state index contributed by atoms with van der Waals surface area (Å²) in [6.45, 7) is 6.75. The fourth-order valence-corrected chi connectivity index (χ4v) is 2.40. The molecule has 0 amide bonds. The van der Waals surface area contributed by atoms with Crippen LogP contribution in [0.4, 0.5) is 0 Å². The highest BCUT2D eigenvalue weighted by atomic mass is 16.3. The zero-order valence-corrected chi connectivity index (χ0v) is 8.25. The van der Waals surface area contributed by atoms with Gasteiger partial charge in [-0.25, -0.2) is 0 Å². The van der Waals surface area contributed by atoms with Gasteiger partial charge in [0.15, 0.2) is 0 Å². The van der Waals surface area contributed by atoms with Crippen LogP contribution < -0.4 is 0 Å². The van der Waals surface area contributed by atoms with Crippen molar-refractivity contribution in [3.63, 3.8) is 0 Å². The second-order valence-electron chi connectivity index (χ2n) is 4.64. The van der Waals surface area contributed by atoms with E-state index in [-0.39, 0.29) is 24.0 Å². The van der Waals surface area contributed by atoms with E-state index in [0.717, 1.165) is 12.8 Å². The van der Waals surface area contributed by atoms with Gasteiger partial charge in [0.2, 0.25) is 0 Å². The van der Waals surface area contributed by atoms with E-state index in [1.165, 1.54) is 0 Å². The van der Waals surface area contributed by atoms with Crippen LogP contribution in [0.15, 0.2) is 0 Å². The smallest absolute Gasteiger partial charge is 0.0577 e. The molecule has 0 aromatic heterocycles. The van der Waals surface area contributed by atoms with Gasteiger partial charge in [-0.3, -0.25) is 0 Å². The number of hydrogen-bond acceptors (Lipinski definition) is 2. The number of aliphatic hydroxyl groups excluding tert-OH is 2. The van der Waals surface area contributed by atoms with Crippen molar-refractivity contribution < 1.29 is 10.2 Å². The topological polar surface area (TPSA) is 40.5 Å². The lowest BCUT2D eigenvalue weighted by molar-refractivity contribution is 0.0679. The second kappa shape index (κ2) is 3.35. The van der Waals surface area contributed by atoms with Crippen molar-refractivity contribution in [2.24, 2.45) is 17.3 Å². The summed E-state index contributed by atoms with van der Waals surface area (Å²) in [5.74, 6) is 0.835. The second-order valence-corrected chi connectivity index (χ2v) is 4.64. The zero-order valence-electron chi connectivity index (χ0n) is 8.25. The fraction of sp³-hybridized carbons (Fsp3) is 1.00. The Morgan fingerprint density at radius 1 is 1.42 bits per heavy atom. The minimum absolute atomic E-state index is 0.183. The molecule has 1 aliphatic rings. The van der Waals surface area contributed by atoms with Crippen LogP contribution in [-0.2, 0) is 0 Å². The molecule has 3 unspecified atom stereocenters. The van der Waals surface area contributed by atoms with Gasteiger partial charge in [-0.1, -0.05) is 20.8 Å². The zero-order chi connectivity index (χ0) is 9.35. The van der Waals surface area contributed by atoms with Crippen molar-refractivity contribution in [1.82, 2.24) is 0 Å². The first kappa shape index (κ1) is 10.0. The first-order valence-electron chi connectivity index (χ1n) is 4.79. The SMILES string of the molecule is CC1CC(O)C(CCO)C1(C)C. The molecular formula is C10H20O2. The van der Waals surface area contributed by atoms with Crippen molar-refractivity contribution in [2.75, 3.05) is 6.61 Å². The third-order valence-corrected chi connectivity index (χ3v) is 3.73. The molecule has 1 saturated carbocycles. The van der Waals surface area contributed by atoms with Crippen LogP contribution in [0.3, 0.4) is 0 Å². The average Bonchev–Trinajstić information content (AvgIpc) is 2.14. The molecule has 72 valence electrons. The molecule has 2 N–H and O–H groups in total. The first-order chi connectivity index (χ1) is 5.50. The van der Waals surface area contributed by atoms with Crippen LogP contribution >= 0.6 is 0 Å². The largest absolute Gasteiger partial charge is 0.396 e. The minimum atomic E-state index is -0.206. The number of hydrogen-bond donors (Lipinski definition) is 2.